The van der Waals surface area contributed by atoms with Crippen molar-refractivity contribution in [3.8, 4) is 0 Å². The smallest absolute Gasteiger partial charge is 0.317 e. The van der Waals surface area contributed by atoms with Crippen LogP contribution in [0.3, 0.4) is 0 Å². The number of amides is 1. The summed E-state index contributed by atoms with van der Waals surface area (Å²) in [6.07, 6.45) is 0. The molecule has 1 aromatic carbocycles. The molecule has 14 nitrogen and oxygen atoms in total. The molecule has 0 atom stereocenters. The number of nitrogens with zero attached hydrogens (tertiary/aromatic N) is 4. The summed E-state index contributed by atoms with van der Waals surface area (Å²) < 4.78 is 0. The molecular formula is C20H22BrCdN5O9. The predicted octanol–water partition coefficient (Wildman–Crippen LogP) is -0.0969. The average molecular weight is 669 g/mol. The maximum absolute atomic E-state index is 11.7. The molecule has 36 heavy (non-hydrogen) atoms. The second kappa shape index (κ2) is 14.7. The van der Waals surface area contributed by atoms with Crippen molar-refractivity contribution in [2.75, 3.05) is 36.8 Å². The number of hydrogen-bond acceptors (Lipinski definition) is 9. The zero-order chi connectivity index (χ0) is 26.1. The molecule has 2 aromatic rings. The van der Waals surface area contributed by atoms with Gasteiger partial charge in [0.15, 0.2) is 0 Å². The largest absolute Gasteiger partial charge is 0.480 e. The first kappa shape index (κ1) is 31.3. The monoisotopic (exact) mass is 669 g/mol. The van der Waals surface area contributed by atoms with Crippen LogP contribution >= 0.6 is 15.9 Å². The van der Waals surface area contributed by atoms with Crippen molar-refractivity contribution < 1.29 is 71.7 Å². The number of halogens is 1. The predicted molar refractivity (Wildman–Crippen MR) is 123 cm³/mol. The van der Waals surface area contributed by atoms with Gasteiger partial charge in [0, 0.05) is 46.1 Å². The second-order valence-corrected chi connectivity index (χ2v) is 7.93. The summed E-state index contributed by atoms with van der Waals surface area (Å²) in [5.74, 6) is -5.42. The summed E-state index contributed by atoms with van der Waals surface area (Å²) in [5.41, 5.74) is 1.32. The third-order valence-electron chi connectivity index (χ3n) is 4.41. The van der Waals surface area contributed by atoms with Crippen LogP contribution in [0.5, 0.6) is 0 Å². The zero-order valence-electron chi connectivity index (χ0n) is 18.9. The van der Waals surface area contributed by atoms with E-state index in [0.29, 0.717) is 16.7 Å². The molecule has 2 rings (SSSR count). The molecule has 1 aromatic heterocycles. The fourth-order valence-corrected chi connectivity index (χ4v) is 3.32. The van der Waals surface area contributed by atoms with Gasteiger partial charge in [-0.3, -0.25) is 33.8 Å². The van der Waals surface area contributed by atoms with Crippen LogP contribution in [-0.2, 0) is 64.4 Å². The number of nitrogens with one attached hydrogen (secondary N) is 1. The van der Waals surface area contributed by atoms with Crippen LogP contribution in [0.2, 0.25) is 0 Å². The summed E-state index contributed by atoms with van der Waals surface area (Å²) in [7, 11) is 0. The molecule has 0 saturated heterocycles. The quantitative estimate of drug-likeness (QED) is 0.132. The van der Waals surface area contributed by atoms with Crippen LogP contribution in [0.1, 0.15) is 11.4 Å². The molecular weight excluding hydrogens is 647 g/mol. The number of hydrogen-bond donors (Lipinski definition) is 5. The molecule has 16 heteroatoms. The molecule has 1 heterocycles. The van der Waals surface area contributed by atoms with E-state index in [1.807, 2.05) is 0 Å². The number of carboxylic acid groups (broad SMARTS) is 4. The molecule has 0 bridgehead atoms. The van der Waals surface area contributed by atoms with E-state index < -0.39 is 50.1 Å². The number of carbonyl (C=O) groups excluding carboxylic acids is 1. The number of benzene rings is 1. The van der Waals surface area contributed by atoms with Crippen LogP contribution in [-0.4, -0.2) is 101 Å². The summed E-state index contributed by atoms with van der Waals surface area (Å²) in [5, 5.41) is 39.3. The second-order valence-electron chi connectivity index (χ2n) is 7.37. The van der Waals surface area contributed by atoms with Gasteiger partial charge >= 0.3 is 23.9 Å². The first-order valence-electron chi connectivity index (χ1n) is 9.94. The van der Waals surface area contributed by atoms with E-state index in [1.54, 1.807) is 12.1 Å². The third kappa shape index (κ3) is 10.5. The van der Waals surface area contributed by atoms with Crippen molar-refractivity contribution in [1.29, 1.82) is 0 Å². The topological polar surface area (TPSA) is 211 Å². The van der Waals surface area contributed by atoms with Gasteiger partial charge in [-0.15, -0.1) is 0 Å². The fraction of sp³-hybridized carbons (Fsp3) is 0.350. The minimum absolute atomic E-state index is 0. The zero-order valence-corrected chi connectivity index (χ0v) is 24.5. The molecule has 0 spiro atoms. The number of carbonyl (C=O) groups is 5. The number of carboxylic acids is 4. The molecule has 0 aliphatic rings. The Balaban J connectivity index is 0.00000648. The molecule has 5 N–H and O–H groups in total. The Morgan fingerprint density at radius 2 is 1.17 bits per heavy atom. The molecule has 0 unspecified atom stereocenters. The van der Waals surface area contributed by atoms with Crippen molar-refractivity contribution in [1.82, 2.24) is 19.8 Å². The maximum atomic E-state index is 11.7. The Labute approximate surface area is 232 Å². The maximum Gasteiger partial charge on any atom is 0.317 e. The number of fused-ring (bicyclic) bond motifs is 1. The Hall–Kier alpha value is -2.77. The van der Waals surface area contributed by atoms with Crippen LogP contribution in [0, 0.1) is 0 Å². The molecule has 0 saturated carbocycles. The van der Waals surface area contributed by atoms with Crippen molar-refractivity contribution in [3.05, 3.63) is 29.6 Å². The molecule has 190 valence electrons. The Morgan fingerprint density at radius 1 is 0.750 bits per heavy atom. The molecule has 0 aliphatic carbocycles. The third-order valence-corrected chi connectivity index (χ3v) is 4.92. The van der Waals surface area contributed by atoms with E-state index in [1.165, 1.54) is 6.07 Å². The minimum atomic E-state index is -1.28. The fourth-order valence-electron chi connectivity index (χ4n) is 3.18. The van der Waals surface area contributed by atoms with Crippen LogP contribution in [0.4, 0.5) is 5.69 Å². The van der Waals surface area contributed by atoms with Crippen LogP contribution in [0.15, 0.2) is 18.2 Å². The van der Waals surface area contributed by atoms with Gasteiger partial charge in [-0.25, -0.2) is 9.97 Å². The van der Waals surface area contributed by atoms with Gasteiger partial charge in [-0.2, -0.15) is 0 Å². The van der Waals surface area contributed by atoms with E-state index >= 15 is 0 Å². The van der Waals surface area contributed by atoms with Crippen molar-refractivity contribution in [2.24, 2.45) is 0 Å². The summed E-state index contributed by atoms with van der Waals surface area (Å²) in [4.78, 5) is 67.6. The van der Waals surface area contributed by atoms with Gasteiger partial charge < -0.3 is 25.7 Å². The Morgan fingerprint density at radius 3 is 1.56 bits per heavy atom. The van der Waals surface area contributed by atoms with E-state index in [2.05, 4.69) is 31.2 Å². The van der Waals surface area contributed by atoms with Crippen molar-refractivity contribution >= 4 is 62.4 Å². The first-order chi connectivity index (χ1) is 16.5. The average Bonchev–Trinajstić information content (AvgIpc) is 2.72. The van der Waals surface area contributed by atoms with E-state index in [-0.39, 0.29) is 63.0 Å². The number of rotatable bonds is 14. The first-order valence-corrected chi connectivity index (χ1v) is 11.1. The summed E-state index contributed by atoms with van der Waals surface area (Å²) in [6.45, 7) is -3.01. The van der Waals surface area contributed by atoms with Gasteiger partial charge in [-0.05, 0) is 18.2 Å². The normalized spacial score (nSPS) is 10.8. The van der Waals surface area contributed by atoms with E-state index in [9.17, 15) is 24.0 Å². The van der Waals surface area contributed by atoms with Gasteiger partial charge in [0.2, 0.25) is 5.91 Å². The van der Waals surface area contributed by atoms with Gasteiger partial charge in [0.1, 0.15) is 0 Å². The van der Waals surface area contributed by atoms with Gasteiger partial charge in [-0.1, -0.05) is 15.9 Å². The van der Waals surface area contributed by atoms with Gasteiger partial charge in [0.05, 0.1) is 53.9 Å². The van der Waals surface area contributed by atoms with Crippen molar-refractivity contribution in [2.45, 2.75) is 13.1 Å². The molecule has 0 aliphatic heterocycles. The summed E-state index contributed by atoms with van der Waals surface area (Å²) >= 11 is 3.04. The standard InChI is InChI=1S/C20H22BrN5O9.Cd/c21-4-16(27)22-11-1-2-12-13(3-11)24-15(6-26(9-19(32)33)10-20(34)35)14(23-12)5-25(7-17(28)29)8-18(30)31;/h1-3H,4-10H2,(H,22,27)(H,28,29)(H,30,31)(H,32,33)(H,34,35);. The molecule has 0 fully saturated rings. The number of aliphatic carboxylic acids is 4. The Kier molecular flexibility index (Phi) is 12.8. The molecule has 0 radical (unpaired) electrons. The number of anilines is 1. The van der Waals surface area contributed by atoms with E-state index in [0.717, 1.165) is 9.80 Å². The van der Waals surface area contributed by atoms with Crippen LogP contribution < -0.4 is 5.32 Å². The number of aromatic nitrogens is 2. The van der Waals surface area contributed by atoms with E-state index in [4.69, 9.17) is 20.4 Å². The summed E-state index contributed by atoms with van der Waals surface area (Å²) in [6, 6.07) is 4.63. The van der Waals surface area contributed by atoms with Crippen LogP contribution in [0.25, 0.3) is 11.0 Å². The number of alkyl halides is 1. The Bertz CT molecular complexity index is 1120. The molecule has 1 amide bonds. The minimum Gasteiger partial charge on any atom is -0.480 e. The van der Waals surface area contributed by atoms with Gasteiger partial charge in [0.25, 0.3) is 0 Å². The SMILES string of the molecule is O=C(O)CN(CC(=O)O)Cc1nc2ccc(NC(=O)CBr)cc2nc1CN(CC(=O)O)CC(=O)O.[Cd]. The van der Waals surface area contributed by atoms with Crippen molar-refractivity contribution in [3.63, 3.8) is 0 Å².